The van der Waals surface area contributed by atoms with Gasteiger partial charge in [0.1, 0.15) is 86.0 Å². The molecule has 0 radical (unpaired) electrons. The fraction of sp³-hybridized carbons (Fsp3) is 1.00. The van der Waals surface area contributed by atoms with Crippen LogP contribution in [0.3, 0.4) is 0 Å². The Hall–Kier alpha value is -1.49. The van der Waals surface area contributed by atoms with E-state index in [0.29, 0.717) is 19.3 Å². The molecule has 0 amide bonds. The number of nitrogens with zero attached hydrogens (tertiary/aromatic N) is 3. The third-order valence-corrected chi connectivity index (χ3v) is 9.40. The SMILES string of the molecule is [N-]=[N+]=NCCCCCOC1OC(CO)C(O)C(OC2OC(CO)C(O)C(O)C2OC2(OC3CC(O)C(O)C(CO)O3)COC(CO)C(O)C2O)C1O. The van der Waals surface area contributed by atoms with E-state index in [1.165, 1.54) is 0 Å². The van der Waals surface area contributed by atoms with Gasteiger partial charge >= 0.3 is 0 Å². The lowest BCUT2D eigenvalue weighted by Crippen LogP contribution is -2.71. The number of hydrogen-bond acceptors (Lipinski definition) is 21. The van der Waals surface area contributed by atoms with Crippen molar-refractivity contribution in [2.75, 3.05) is 46.2 Å². The second-order valence-corrected chi connectivity index (χ2v) is 13.0. The quantitative estimate of drug-likeness (QED) is 0.0216. The predicted molar refractivity (Wildman–Crippen MR) is 164 cm³/mol. The number of hydrogen-bond donors (Lipinski definition) is 12. The maximum absolute atomic E-state index is 11.4. The molecule has 302 valence electrons. The lowest BCUT2D eigenvalue weighted by Gasteiger charge is -2.52. The molecule has 18 atom stereocenters. The fourth-order valence-electron chi connectivity index (χ4n) is 6.37. The van der Waals surface area contributed by atoms with E-state index < -0.39 is 150 Å². The van der Waals surface area contributed by atoms with Crippen molar-refractivity contribution in [3.63, 3.8) is 0 Å². The molecule has 4 saturated heterocycles. The number of aliphatic hydroxyl groups is 12. The molecular weight excluding hydrogens is 710 g/mol. The first-order chi connectivity index (χ1) is 24.9. The summed E-state index contributed by atoms with van der Waals surface area (Å²) >= 11 is 0. The van der Waals surface area contributed by atoms with Crippen LogP contribution in [-0.4, -0.2) is 218 Å². The molecule has 4 rings (SSSR count). The topological polar surface area (TPSA) is 365 Å². The lowest BCUT2D eigenvalue weighted by molar-refractivity contribution is -0.441. The van der Waals surface area contributed by atoms with E-state index in [4.69, 9.17) is 43.4 Å². The molecule has 0 saturated carbocycles. The molecule has 4 fully saturated rings. The predicted octanol–water partition coefficient (Wildman–Crippen LogP) is -6.21. The molecule has 0 spiro atoms. The summed E-state index contributed by atoms with van der Waals surface area (Å²) in [6.07, 6.45) is -27.9. The van der Waals surface area contributed by atoms with Crippen molar-refractivity contribution < 1.29 is 99.2 Å². The van der Waals surface area contributed by atoms with Crippen LogP contribution in [0.15, 0.2) is 5.11 Å². The van der Waals surface area contributed by atoms with E-state index in [1.807, 2.05) is 0 Å². The summed E-state index contributed by atoms with van der Waals surface area (Å²) in [6.45, 7) is -3.71. The number of ether oxygens (including phenoxy) is 8. The first-order valence-electron chi connectivity index (χ1n) is 17.0. The first-order valence-corrected chi connectivity index (χ1v) is 17.0. The molecule has 4 heterocycles. The molecular formula is C29H51N3O20. The van der Waals surface area contributed by atoms with E-state index in [2.05, 4.69) is 10.0 Å². The van der Waals surface area contributed by atoms with Gasteiger partial charge < -0.3 is 99.2 Å². The van der Waals surface area contributed by atoms with Crippen LogP contribution in [0, 0.1) is 0 Å². The molecule has 52 heavy (non-hydrogen) atoms. The highest BCUT2D eigenvalue weighted by Crippen LogP contribution is 2.38. The Morgan fingerprint density at radius 1 is 0.654 bits per heavy atom. The molecule has 0 aromatic carbocycles. The van der Waals surface area contributed by atoms with Crippen molar-refractivity contribution >= 4 is 0 Å². The van der Waals surface area contributed by atoms with Gasteiger partial charge in [0.2, 0.25) is 5.79 Å². The maximum Gasteiger partial charge on any atom is 0.224 e. The van der Waals surface area contributed by atoms with Crippen molar-refractivity contribution in [3.05, 3.63) is 10.4 Å². The van der Waals surface area contributed by atoms with Crippen LogP contribution in [0.1, 0.15) is 25.7 Å². The lowest BCUT2D eigenvalue weighted by atomic mass is 9.94. The van der Waals surface area contributed by atoms with Gasteiger partial charge in [-0.05, 0) is 18.4 Å². The van der Waals surface area contributed by atoms with Gasteiger partial charge in [0.15, 0.2) is 18.9 Å². The monoisotopic (exact) mass is 761 g/mol. The van der Waals surface area contributed by atoms with Gasteiger partial charge in [-0.2, -0.15) is 0 Å². The molecule has 0 aromatic heterocycles. The van der Waals surface area contributed by atoms with Crippen LogP contribution in [0.25, 0.3) is 10.4 Å². The summed E-state index contributed by atoms with van der Waals surface area (Å²) in [5.41, 5.74) is 8.40. The molecule has 18 unspecified atom stereocenters. The standard InChI is InChI=1S/C29H51N3O20/c30-32-31-4-2-1-3-5-45-27-23(43)24(20(40)16(10-36)48-27)50-28-25(22(42)19(39)15(9-35)49-28)52-29(11-46-13(7-33)21(41)26(29)44)51-17-6-12(37)18(38)14(8-34)47-17/h12-28,33-44H,1-11H2. The minimum atomic E-state index is -2.61. The molecule has 4 aliphatic heterocycles. The Labute approximate surface area is 297 Å². The van der Waals surface area contributed by atoms with Crippen LogP contribution < -0.4 is 0 Å². The second-order valence-electron chi connectivity index (χ2n) is 13.0. The Morgan fingerprint density at radius 3 is 1.94 bits per heavy atom. The highest BCUT2D eigenvalue weighted by molar-refractivity contribution is 5.00. The van der Waals surface area contributed by atoms with Crippen LogP contribution >= 0.6 is 0 Å². The van der Waals surface area contributed by atoms with Gasteiger partial charge in [0, 0.05) is 24.5 Å². The van der Waals surface area contributed by atoms with Crippen molar-refractivity contribution in [2.45, 2.75) is 136 Å². The Kier molecular flexibility index (Phi) is 16.6. The summed E-state index contributed by atoms with van der Waals surface area (Å²) in [4.78, 5) is 2.67. The molecule has 4 aliphatic rings. The van der Waals surface area contributed by atoms with Gasteiger partial charge in [-0.3, -0.25) is 0 Å². The van der Waals surface area contributed by atoms with Crippen molar-refractivity contribution in [1.29, 1.82) is 0 Å². The maximum atomic E-state index is 11.4. The summed E-state index contributed by atoms with van der Waals surface area (Å²) in [7, 11) is 0. The second kappa shape index (κ2) is 19.9. The van der Waals surface area contributed by atoms with Gasteiger partial charge in [-0.1, -0.05) is 11.5 Å². The number of rotatable bonds is 17. The minimum Gasteiger partial charge on any atom is -0.394 e. The number of azide groups is 1. The minimum absolute atomic E-state index is 0.0309. The average Bonchev–Trinajstić information content (AvgIpc) is 3.13. The summed E-state index contributed by atoms with van der Waals surface area (Å²) in [5.74, 6) is -2.61. The van der Waals surface area contributed by atoms with E-state index in [-0.39, 0.29) is 13.2 Å². The highest BCUT2D eigenvalue weighted by atomic mass is 16.8. The van der Waals surface area contributed by atoms with Crippen LogP contribution in [0.2, 0.25) is 0 Å². The highest BCUT2D eigenvalue weighted by Gasteiger charge is 2.59. The van der Waals surface area contributed by atoms with Crippen molar-refractivity contribution in [3.8, 4) is 0 Å². The van der Waals surface area contributed by atoms with Crippen LogP contribution in [-0.2, 0) is 37.9 Å². The van der Waals surface area contributed by atoms with Crippen molar-refractivity contribution in [1.82, 2.24) is 0 Å². The normalized spacial score (nSPS) is 45.7. The zero-order valence-corrected chi connectivity index (χ0v) is 28.1. The van der Waals surface area contributed by atoms with E-state index in [0.717, 1.165) is 0 Å². The van der Waals surface area contributed by atoms with Gasteiger partial charge in [0.25, 0.3) is 0 Å². The van der Waals surface area contributed by atoms with E-state index in [9.17, 15) is 61.3 Å². The van der Waals surface area contributed by atoms with Gasteiger partial charge in [0.05, 0.1) is 32.5 Å². The number of unbranched alkanes of at least 4 members (excludes halogenated alkanes) is 2. The Morgan fingerprint density at radius 2 is 1.29 bits per heavy atom. The summed E-state index contributed by atoms with van der Waals surface area (Å²) < 4.78 is 45.8. The van der Waals surface area contributed by atoms with Crippen LogP contribution in [0.5, 0.6) is 0 Å². The molecule has 0 bridgehead atoms. The van der Waals surface area contributed by atoms with Gasteiger partial charge in [-0.25, -0.2) is 0 Å². The van der Waals surface area contributed by atoms with Crippen LogP contribution in [0.4, 0.5) is 0 Å². The summed E-state index contributed by atoms with van der Waals surface area (Å²) in [6, 6.07) is 0. The third kappa shape index (κ3) is 9.84. The first kappa shape index (κ1) is 43.2. The van der Waals surface area contributed by atoms with Gasteiger partial charge in [-0.15, -0.1) is 0 Å². The van der Waals surface area contributed by atoms with Crippen molar-refractivity contribution in [2.24, 2.45) is 5.11 Å². The summed E-state index contributed by atoms with van der Waals surface area (Å²) in [5, 5.41) is 130. The molecule has 0 aliphatic carbocycles. The Balaban J connectivity index is 1.61. The molecule has 12 N–H and O–H groups in total. The smallest absolute Gasteiger partial charge is 0.224 e. The zero-order chi connectivity index (χ0) is 38.2. The molecule has 0 aromatic rings. The molecule has 23 nitrogen and oxygen atoms in total. The Bertz CT molecular complexity index is 1130. The fourth-order valence-corrected chi connectivity index (χ4v) is 6.37. The average molecular weight is 762 g/mol. The number of aliphatic hydroxyl groups excluding tert-OH is 12. The molecule has 23 heteroatoms. The van der Waals surface area contributed by atoms with E-state index >= 15 is 0 Å². The largest absolute Gasteiger partial charge is 0.394 e. The third-order valence-electron chi connectivity index (χ3n) is 9.40. The zero-order valence-electron chi connectivity index (χ0n) is 28.1. The van der Waals surface area contributed by atoms with E-state index in [1.54, 1.807) is 0 Å².